The van der Waals surface area contributed by atoms with Gasteiger partial charge in [-0.25, -0.2) is 0 Å². The van der Waals surface area contributed by atoms with Gasteiger partial charge in [0.25, 0.3) is 0 Å². The molecular formula is C22H27N5O2. The van der Waals surface area contributed by atoms with E-state index in [0.29, 0.717) is 19.4 Å². The summed E-state index contributed by atoms with van der Waals surface area (Å²) in [4.78, 5) is 31.8. The lowest BCUT2D eigenvalue weighted by Gasteiger charge is -2.40. The van der Waals surface area contributed by atoms with Crippen molar-refractivity contribution in [2.75, 3.05) is 38.1 Å². The second-order valence-corrected chi connectivity index (χ2v) is 7.75. The maximum Gasteiger partial charge on any atom is 0.228 e. The predicted octanol–water partition coefficient (Wildman–Crippen LogP) is 2.12. The van der Waals surface area contributed by atoms with Crippen LogP contribution in [0.4, 0.5) is 5.82 Å². The summed E-state index contributed by atoms with van der Waals surface area (Å²) in [6.07, 6.45) is 3.59. The van der Waals surface area contributed by atoms with E-state index in [1.165, 1.54) is 0 Å². The Balaban J connectivity index is 1.51. The molecular weight excluding hydrogens is 366 g/mol. The number of nitrogens with zero attached hydrogens (tertiary/aromatic N) is 5. The van der Waals surface area contributed by atoms with Gasteiger partial charge < -0.3 is 14.7 Å². The van der Waals surface area contributed by atoms with Crippen LogP contribution in [0, 0.1) is 5.92 Å². The average Bonchev–Trinajstić information content (AvgIpc) is 3.02. The average molecular weight is 393 g/mol. The molecule has 1 aromatic carbocycles. The number of benzene rings is 1. The van der Waals surface area contributed by atoms with Gasteiger partial charge in [-0.05, 0) is 30.5 Å². The molecule has 0 unspecified atom stereocenters. The Bertz CT molecular complexity index is 845. The topological polar surface area (TPSA) is 69.6 Å². The van der Waals surface area contributed by atoms with Gasteiger partial charge in [0.15, 0.2) is 5.82 Å². The molecule has 1 aromatic heterocycles. The minimum Gasteiger partial charge on any atom is -0.353 e. The molecule has 7 nitrogen and oxygen atoms in total. The van der Waals surface area contributed by atoms with Crippen LogP contribution in [0.2, 0.25) is 0 Å². The van der Waals surface area contributed by atoms with Crippen molar-refractivity contribution in [3.8, 4) is 0 Å². The molecule has 0 spiro atoms. The van der Waals surface area contributed by atoms with Crippen LogP contribution in [0.3, 0.4) is 0 Å². The molecule has 0 aliphatic carbocycles. The third-order valence-electron chi connectivity index (χ3n) is 6.01. The van der Waals surface area contributed by atoms with Crippen molar-refractivity contribution in [1.82, 2.24) is 20.0 Å². The van der Waals surface area contributed by atoms with E-state index in [4.69, 9.17) is 0 Å². The van der Waals surface area contributed by atoms with Crippen LogP contribution in [0.5, 0.6) is 0 Å². The van der Waals surface area contributed by atoms with Crippen molar-refractivity contribution in [3.63, 3.8) is 0 Å². The van der Waals surface area contributed by atoms with Gasteiger partial charge >= 0.3 is 0 Å². The molecule has 2 aromatic rings. The monoisotopic (exact) mass is 393 g/mol. The van der Waals surface area contributed by atoms with Crippen LogP contribution < -0.4 is 4.90 Å². The first-order valence-corrected chi connectivity index (χ1v) is 10.3. The lowest BCUT2D eigenvalue weighted by atomic mass is 9.83. The third kappa shape index (κ3) is 4.09. The summed E-state index contributed by atoms with van der Waals surface area (Å²) in [5.41, 5.74) is 1.03. The largest absolute Gasteiger partial charge is 0.353 e. The first-order valence-electron chi connectivity index (χ1n) is 10.3. The lowest BCUT2D eigenvalue weighted by molar-refractivity contribution is -0.146. The summed E-state index contributed by atoms with van der Waals surface area (Å²) in [5.74, 6) is 0.905. The Morgan fingerprint density at radius 3 is 2.62 bits per heavy atom. The molecule has 0 bridgehead atoms. The van der Waals surface area contributed by atoms with Crippen molar-refractivity contribution in [2.45, 2.75) is 25.3 Å². The van der Waals surface area contributed by atoms with Gasteiger partial charge in [0.2, 0.25) is 11.8 Å². The number of aromatic nitrogens is 2. The summed E-state index contributed by atoms with van der Waals surface area (Å²) in [6, 6.07) is 13.6. The number of piperidine rings is 1. The molecule has 4 rings (SSSR count). The van der Waals surface area contributed by atoms with Gasteiger partial charge in [0.05, 0.1) is 12.0 Å². The van der Waals surface area contributed by atoms with Crippen LogP contribution >= 0.6 is 0 Å². The smallest absolute Gasteiger partial charge is 0.228 e. The molecule has 2 amide bonds. The predicted molar refractivity (Wildman–Crippen MR) is 110 cm³/mol. The highest BCUT2D eigenvalue weighted by Gasteiger charge is 2.40. The fourth-order valence-corrected chi connectivity index (χ4v) is 4.47. The molecule has 2 saturated heterocycles. The second-order valence-electron chi connectivity index (χ2n) is 7.75. The minimum absolute atomic E-state index is 0.104. The van der Waals surface area contributed by atoms with E-state index in [9.17, 15) is 9.59 Å². The molecule has 0 N–H and O–H groups in total. The minimum atomic E-state index is -0.205. The zero-order valence-electron chi connectivity index (χ0n) is 16.8. The summed E-state index contributed by atoms with van der Waals surface area (Å²) in [5, 5.41) is 8.17. The van der Waals surface area contributed by atoms with E-state index in [-0.39, 0.29) is 23.8 Å². The highest BCUT2D eigenvalue weighted by Crippen LogP contribution is 2.37. The number of hydrogen-bond acceptors (Lipinski definition) is 5. The van der Waals surface area contributed by atoms with Crippen molar-refractivity contribution >= 4 is 17.6 Å². The summed E-state index contributed by atoms with van der Waals surface area (Å²) in [7, 11) is 1.82. The zero-order chi connectivity index (χ0) is 20.2. The molecule has 152 valence electrons. The molecule has 2 aliphatic heterocycles. The quantitative estimate of drug-likeness (QED) is 0.799. The maximum absolute atomic E-state index is 13.5. The first-order chi connectivity index (χ1) is 14.1. The van der Waals surface area contributed by atoms with E-state index < -0.39 is 0 Å². The SMILES string of the molecule is CN1C(=O)CC[C@@H](C(=O)N2CCCN(c3cccnn3)CC2)[C@@H]1c1ccccc1. The highest BCUT2D eigenvalue weighted by atomic mass is 16.2. The second kappa shape index (κ2) is 8.59. The van der Waals surface area contributed by atoms with Gasteiger partial charge in [0.1, 0.15) is 0 Å². The Hall–Kier alpha value is -2.96. The van der Waals surface area contributed by atoms with Crippen molar-refractivity contribution < 1.29 is 9.59 Å². The van der Waals surface area contributed by atoms with E-state index in [1.807, 2.05) is 54.4 Å². The highest BCUT2D eigenvalue weighted by molar-refractivity contribution is 5.85. The molecule has 2 aliphatic rings. The molecule has 3 heterocycles. The van der Waals surface area contributed by atoms with Gasteiger partial charge in [-0.3, -0.25) is 9.59 Å². The maximum atomic E-state index is 13.5. The third-order valence-corrected chi connectivity index (χ3v) is 6.01. The zero-order valence-corrected chi connectivity index (χ0v) is 16.8. The van der Waals surface area contributed by atoms with Crippen LogP contribution in [-0.4, -0.2) is 65.0 Å². The number of carbonyl (C=O) groups is 2. The fourth-order valence-electron chi connectivity index (χ4n) is 4.47. The van der Waals surface area contributed by atoms with Gasteiger partial charge in [-0.1, -0.05) is 30.3 Å². The molecule has 29 heavy (non-hydrogen) atoms. The van der Waals surface area contributed by atoms with E-state index in [2.05, 4.69) is 15.1 Å². The summed E-state index contributed by atoms with van der Waals surface area (Å²) < 4.78 is 0. The van der Waals surface area contributed by atoms with Gasteiger partial charge in [-0.15, -0.1) is 5.10 Å². The van der Waals surface area contributed by atoms with Gasteiger partial charge in [-0.2, -0.15) is 5.10 Å². The van der Waals surface area contributed by atoms with Crippen LogP contribution in [0.15, 0.2) is 48.7 Å². The van der Waals surface area contributed by atoms with Crippen LogP contribution in [-0.2, 0) is 9.59 Å². The normalized spacial score (nSPS) is 23.1. The molecule has 2 fully saturated rings. The van der Waals surface area contributed by atoms with E-state index in [0.717, 1.165) is 37.4 Å². The van der Waals surface area contributed by atoms with Crippen molar-refractivity contribution in [1.29, 1.82) is 0 Å². The Morgan fingerprint density at radius 2 is 1.86 bits per heavy atom. The molecule has 7 heteroatoms. The summed E-state index contributed by atoms with van der Waals surface area (Å²) >= 11 is 0. The lowest BCUT2D eigenvalue weighted by Crippen LogP contribution is -2.48. The molecule has 0 radical (unpaired) electrons. The molecule has 2 atom stereocenters. The molecule has 0 saturated carbocycles. The Kier molecular flexibility index (Phi) is 5.74. The van der Waals surface area contributed by atoms with Crippen LogP contribution in [0.1, 0.15) is 30.9 Å². The number of anilines is 1. The Morgan fingerprint density at radius 1 is 1.03 bits per heavy atom. The number of likely N-dealkylation sites (tertiary alicyclic amines) is 1. The van der Waals surface area contributed by atoms with Crippen LogP contribution in [0.25, 0.3) is 0 Å². The van der Waals surface area contributed by atoms with Gasteiger partial charge in [0, 0.05) is 45.8 Å². The van der Waals surface area contributed by atoms with Crippen molar-refractivity contribution in [2.24, 2.45) is 5.92 Å². The number of amides is 2. The Labute approximate surface area is 171 Å². The first kappa shape index (κ1) is 19.4. The summed E-state index contributed by atoms with van der Waals surface area (Å²) in [6.45, 7) is 2.98. The standard InChI is InChI=1S/C22H27N5O2/c1-25-20(28)11-10-18(21(25)17-7-3-2-4-8-17)22(29)27-14-6-13-26(15-16-27)19-9-5-12-23-24-19/h2-5,7-9,12,18,21H,6,10-11,13-16H2,1H3/t18-,21+/m1/s1. The number of rotatable bonds is 3. The van der Waals surface area contributed by atoms with E-state index in [1.54, 1.807) is 11.1 Å². The van der Waals surface area contributed by atoms with E-state index >= 15 is 0 Å². The van der Waals surface area contributed by atoms with Crippen molar-refractivity contribution in [3.05, 3.63) is 54.2 Å². The number of hydrogen-bond donors (Lipinski definition) is 0. The number of carbonyl (C=O) groups excluding carboxylic acids is 2. The fraction of sp³-hybridized carbons (Fsp3) is 0.455.